The highest BCUT2D eigenvalue weighted by Gasteiger charge is 2.32. The van der Waals surface area contributed by atoms with Crippen LogP contribution in [-0.2, 0) is 7.05 Å². The predicted octanol–water partition coefficient (Wildman–Crippen LogP) is 0.894. The summed E-state index contributed by atoms with van der Waals surface area (Å²) in [5.74, 6) is 1.61. The summed E-state index contributed by atoms with van der Waals surface area (Å²) in [6, 6.07) is 3.20. The number of aromatic nitrogens is 4. The molecule has 110 valence electrons. The first-order chi connectivity index (χ1) is 10.3. The van der Waals surface area contributed by atoms with Crippen molar-refractivity contribution in [3.05, 3.63) is 24.7 Å². The van der Waals surface area contributed by atoms with Crippen LogP contribution in [-0.4, -0.2) is 44.9 Å². The summed E-state index contributed by atoms with van der Waals surface area (Å²) in [7, 11) is 1.89. The van der Waals surface area contributed by atoms with Crippen LogP contribution in [0, 0.1) is 0 Å². The topological polar surface area (TPSA) is 70.9 Å². The standard InChI is InChI=1S/C14H19N7/c1-20-7-12(6-16-20)18-14-15-5-4-13(19-14)21-8-10-2-3-11(9-21)17-10/h4-7,10-11,17H,2-3,8-9H2,1H3,(H,15,18,19)/t10-,11?/m1/s1. The van der Waals surface area contributed by atoms with Crippen molar-refractivity contribution in [2.45, 2.75) is 24.9 Å². The van der Waals surface area contributed by atoms with Crippen molar-refractivity contribution >= 4 is 17.5 Å². The maximum atomic E-state index is 4.64. The molecule has 2 fully saturated rings. The van der Waals surface area contributed by atoms with Gasteiger partial charge in [0.25, 0.3) is 0 Å². The van der Waals surface area contributed by atoms with E-state index in [1.807, 2.05) is 25.5 Å². The van der Waals surface area contributed by atoms with E-state index in [2.05, 4.69) is 30.6 Å². The lowest BCUT2D eigenvalue weighted by Crippen LogP contribution is -2.51. The van der Waals surface area contributed by atoms with Crippen LogP contribution in [0.1, 0.15) is 12.8 Å². The van der Waals surface area contributed by atoms with Crippen molar-refractivity contribution in [3.63, 3.8) is 0 Å². The van der Waals surface area contributed by atoms with E-state index < -0.39 is 0 Å². The number of fused-ring (bicyclic) bond motifs is 2. The lowest BCUT2D eigenvalue weighted by molar-refractivity contribution is 0.463. The molecule has 4 heterocycles. The van der Waals surface area contributed by atoms with E-state index in [0.717, 1.165) is 24.6 Å². The maximum Gasteiger partial charge on any atom is 0.229 e. The fourth-order valence-electron chi connectivity index (χ4n) is 3.18. The minimum Gasteiger partial charge on any atom is -0.353 e. The van der Waals surface area contributed by atoms with E-state index in [-0.39, 0.29) is 0 Å². The second-order valence-corrected chi connectivity index (χ2v) is 5.81. The van der Waals surface area contributed by atoms with Crippen LogP contribution in [0.15, 0.2) is 24.7 Å². The molecule has 2 saturated heterocycles. The largest absolute Gasteiger partial charge is 0.353 e. The molecule has 1 unspecified atom stereocenters. The van der Waals surface area contributed by atoms with Crippen molar-refractivity contribution in [1.29, 1.82) is 0 Å². The fourth-order valence-corrected chi connectivity index (χ4v) is 3.18. The van der Waals surface area contributed by atoms with Crippen LogP contribution in [0.4, 0.5) is 17.5 Å². The molecule has 0 amide bonds. The molecule has 21 heavy (non-hydrogen) atoms. The van der Waals surface area contributed by atoms with E-state index in [0.29, 0.717) is 18.0 Å². The average Bonchev–Trinajstić information content (AvgIpc) is 3.04. The van der Waals surface area contributed by atoms with E-state index in [1.165, 1.54) is 12.8 Å². The van der Waals surface area contributed by atoms with Crippen molar-refractivity contribution in [2.75, 3.05) is 23.3 Å². The van der Waals surface area contributed by atoms with Gasteiger partial charge in [-0.3, -0.25) is 4.68 Å². The second kappa shape index (κ2) is 5.00. The first kappa shape index (κ1) is 12.6. The zero-order chi connectivity index (χ0) is 14.2. The lowest BCUT2D eigenvalue weighted by Gasteiger charge is -2.33. The summed E-state index contributed by atoms with van der Waals surface area (Å²) < 4.78 is 1.75. The van der Waals surface area contributed by atoms with Crippen LogP contribution >= 0.6 is 0 Å². The van der Waals surface area contributed by atoms with Gasteiger partial charge in [0, 0.05) is 44.6 Å². The maximum absolute atomic E-state index is 4.64. The van der Waals surface area contributed by atoms with E-state index in [9.17, 15) is 0 Å². The van der Waals surface area contributed by atoms with Gasteiger partial charge in [0.1, 0.15) is 5.82 Å². The number of hydrogen-bond acceptors (Lipinski definition) is 6. The predicted molar refractivity (Wildman–Crippen MR) is 80.7 cm³/mol. The first-order valence-electron chi connectivity index (χ1n) is 7.36. The molecule has 7 nitrogen and oxygen atoms in total. The number of rotatable bonds is 3. The molecule has 0 saturated carbocycles. The number of piperazine rings is 1. The Hall–Kier alpha value is -2.15. The van der Waals surface area contributed by atoms with Gasteiger partial charge >= 0.3 is 0 Å². The minimum absolute atomic E-state index is 0.605. The molecule has 0 aromatic carbocycles. The van der Waals surface area contributed by atoms with Crippen LogP contribution in [0.25, 0.3) is 0 Å². The first-order valence-corrected chi connectivity index (χ1v) is 7.36. The quantitative estimate of drug-likeness (QED) is 0.873. The molecule has 2 N–H and O–H groups in total. The highest BCUT2D eigenvalue weighted by atomic mass is 15.3. The van der Waals surface area contributed by atoms with E-state index >= 15 is 0 Å². The number of nitrogens with one attached hydrogen (secondary N) is 2. The fraction of sp³-hybridized carbons (Fsp3) is 0.500. The van der Waals surface area contributed by atoms with Gasteiger partial charge in [0.15, 0.2) is 0 Å². The second-order valence-electron chi connectivity index (χ2n) is 5.81. The Balaban J connectivity index is 1.52. The Bertz CT molecular complexity index is 626. The molecular formula is C14H19N7. The van der Waals surface area contributed by atoms with Crippen molar-refractivity contribution in [1.82, 2.24) is 25.1 Å². The molecule has 2 aliphatic rings. The number of hydrogen-bond donors (Lipinski definition) is 2. The SMILES string of the molecule is Cn1cc(Nc2nccc(N3CC4CC[C@H](C3)N4)n2)cn1. The van der Waals surface area contributed by atoms with Gasteiger partial charge in [0.2, 0.25) is 5.95 Å². The van der Waals surface area contributed by atoms with Gasteiger partial charge < -0.3 is 15.5 Å². The van der Waals surface area contributed by atoms with Gasteiger partial charge in [-0.2, -0.15) is 10.1 Å². The number of aryl methyl sites for hydroxylation is 1. The van der Waals surface area contributed by atoms with E-state index in [4.69, 9.17) is 0 Å². The summed E-state index contributed by atoms with van der Waals surface area (Å²) in [6.07, 6.45) is 8.02. The number of nitrogens with zero attached hydrogens (tertiary/aromatic N) is 5. The van der Waals surface area contributed by atoms with Crippen LogP contribution in [0.2, 0.25) is 0 Å². The molecule has 2 aromatic rings. The normalized spacial score (nSPS) is 24.3. The van der Waals surface area contributed by atoms with Gasteiger partial charge in [-0.1, -0.05) is 0 Å². The zero-order valence-electron chi connectivity index (χ0n) is 12.0. The van der Waals surface area contributed by atoms with Gasteiger partial charge in [-0.15, -0.1) is 0 Å². The summed E-state index contributed by atoms with van der Waals surface area (Å²) in [5.41, 5.74) is 0.898. The third-order valence-corrected chi connectivity index (χ3v) is 4.14. The molecule has 0 spiro atoms. The highest BCUT2D eigenvalue weighted by Crippen LogP contribution is 2.24. The molecule has 2 bridgehead atoms. The summed E-state index contributed by atoms with van der Waals surface area (Å²) in [4.78, 5) is 11.3. The molecule has 4 rings (SSSR count). The Morgan fingerprint density at radius 2 is 2.10 bits per heavy atom. The third kappa shape index (κ3) is 2.56. The van der Waals surface area contributed by atoms with Gasteiger partial charge in [-0.25, -0.2) is 4.98 Å². The zero-order valence-corrected chi connectivity index (χ0v) is 12.0. The van der Waals surface area contributed by atoms with Crippen LogP contribution in [0.5, 0.6) is 0 Å². The Morgan fingerprint density at radius 1 is 1.29 bits per heavy atom. The minimum atomic E-state index is 0.605. The Labute approximate surface area is 123 Å². The summed E-state index contributed by atoms with van der Waals surface area (Å²) in [5, 5.41) is 11.0. The molecule has 7 heteroatoms. The molecule has 0 radical (unpaired) electrons. The van der Waals surface area contributed by atoms with Gasteiger partial charge in [0.05, 0.1) is 11.9 Å². The summed E-state index contributed by atoms with van der Waals surface area (Å²) in [6.45, 7) is 2.06. The smallest absolute Gasteiger partial charge is 0.229 e. The number of anilines is 3. The van der Waals surface area contributed by atoms with Crippen LogP contribution < -0.4 is 15.5 Å². The molecular weight excluding hydrogens is 266 g/mol. The average molecular weight is 285 g/mol. The van der Waals surface area contributed by atoms with Crippen molar-refractivity contribution in [3.8, 4) is 0 Å². The third-order valence-electron chi connectivity index (χ3n) is 4.14. The van der Waals surface area contributed by atoms with Crippen molar-refractivity contribution < 1.29 is 0 Å². The highest BCUT2D eigenvalue weighted by molar-refractivity contribution is 5.53. The Morgan fingerprint density at radius 3 is 2.81 bits per heavy atom. The monoisotopic (exact) mass is 285 g/mol. The molecule has 0 aliphatic carbocycles. The summed E-state index contributed by atoms with van der Waals surface area (Å²) >= 11 is 0. The Kier molecular flexibility index (Phi) is 2.99. The van der Waals surface area contributed by atoms with Gasteiger partial charge in [-0.05, 0) is 18.9 Å². The molecule has 2 atom stereocenters. The lowest BCUT2D eigenvalue weighted by atomic mass is 10.2. The molecule has 2 aromatic heterocycles. The molecule has 2 aliphatic heterocycles. The van der Waals surface area contributed by atoms with E-state index in [1.54, 1.807) is 10.9 Å². The van der Waals surface area contributed by atoms with Crippen molar-refractivity contribution in [2.24, 2.45) is 7.05 Å². The van der Waals surface area contributed by atoms with Crippen LogP contribution in [0.3, 0.4) is 0 Å².